The zero-order valence-electron chi connectivity index (χ0n) is 11.4. The second kappa shape index (κ2) is 7.18. The molecule has 0 bridgehead atoms. The number of rotatable bonds is 7. The maximum atomic E-state index is 12.1. The molecule has 19 heavy (non-hydrogen) atoms. The maximum absolute atomic E-state index is 12.1. The summed E-state index contributed by atoms with van der Waals surface area (Å²) in [5.74, 6) is -1.01. The molecular weight excluding hydrogens is 272 g/mol. The molecule has 7 nitrogen and oxygen atoms in total. The number of carbonyl (C=O) groups is 1. The topological polar surface area (TPSA) is 87.2 Å². The van der Waals surface area contributed by atoms with Gasteiger partial charge in [-0.25, -0.2) is 0 Å². The van der Waals surface area contributed by atoms with Crippen LogP contribution in [0.2, 0.25) is 0 Å². The smallest absolute Gasteiger partial charge is 0.304 e. The summed E-state index contributed by atoms with van der Waals surface area (Å²) >= 11 is 0. The fourth-order valence-corrected chi connectivity index (χ4v) is 3.09. The lowest BCUT2D eigenvalue weighted by atomic mass is 10.1. The Hall–Kier alpha value is -0.700. The van der Waals surface area contributed by atoms with Crippen molar-refractivity contribution >= 4 is 16.2 Å². The number of likely N-dealkylation sites (N-methyl/N-ethyl adjacent to an activating group) is 1. The van der Waals surface area contributed by atoms with E-state index in [2.05, 4.69) is 0 Å². The summed E-state index contributed by atoms with van der Waals surface area (Å²) in [6.07, 6.45) is 2.66. The summed E-state index contributed by atoms with van der Waals surface area (Å²) < 4.78 is 32.0. The molecule has 1 unspecified atom stereocenters. The van der Waals surface area contributed by atoms with Crippen LogP contribution < -0.4 is 0 Å². The summed E-state index contributed by atoms with van der Waals surface area (Å²) in [5.41, 5.74) is 0. The van der Waals surface area contributed by atoms with Crippen molar-refractivity contribution in [2.24, 2.45) is 0 Å². The van der Waals surface area contributed by atoms with Crippen LogP contribution in [0, 0.1) is 0 Å². The van der Waals surface area contributed by atoms with Gasteiger partial charge in [0.05, 0.1) is 12.5 Å². The Bertz CT molecular complexity index is 392. The molecule has 0 aromatic carbocycles. The number of ether oxygens (including phenoxy) is 1. The van der Waals surface area contributed by atoms with Crippen LogP contribution in [-0.4, -0.2) is 68.0 Å². The van der Waals surface area contributed by atoms with Gasteiger partial charge in [-0.2, -0.15) is 17.0 Å². The standard InChI is InChI=1S/C11H22N2O5S/c1-12(7-6-11(14)15)19(16,17)13(2)9-10-5-3-4-8-18-10/h10H,3-9H2,1-2H3,(H,14,15). The summed E-state index contributed by atoms with van der Waals surface area (Å²) in [6, 6.07) is 0. The first kappa shape index (κ1) is 16.4. The third-order valence-electron chi connectivity index (χ3n) is 3.16. The molecule has 1 fully saturated rings. The van der Waals surface area contributed by atoms with E-state index in [0.717, 1.165) is 23.6 Å². The molecule has 0 aliphatic carbocycles. The Balaban J connectivity index is 2.52. The second-order valence-electron chi connectivity index (χ2n) is 4.74. The third kappa shape index (κ3) is 5.06. The number of nitrogens with zero attached hydrogens (tertiary/aromatic N) is 2. The molecule has 112 valence electrons. The second-order valence-corrected chi connectivity index (χ2v) is 6.88. The fourth-order valence-electron chi connectivity index (χ4n) is 1.94. The Kier molecular flexibility index (Phi) is 6.18. The van der Waals surface area contributed by atoms with Crippen molar-refractivity contribution in [3.05, 3.63) is 0 Å². The highest BCUT2D eigenvalue weighted by molar-refractivity contribution is 7.86. The summed E-state index contributed by atoms with van der Waals surface area (Å²) in [5, 5.41) is 8.57. The van der Waals surface area contributed by atoms with Crippen LogP contribution in [0.15, 0.2) is 0 Å². The van der Waals surface area contributed by atoms with Crippen molar-refractivity contribution in [3.8, 4) is 0 Å². The van der Waals surface area contributed by atoms with Gasteiger partial charge in [-0.15, -0.1) is 0 Å². The zero-order chi connectivity index (χ0) is 14.5. The third-order valence-corrected chi connectivity index (χ3v) is 5.07. The Morgan fingerprint density at radius 3 is 2.53 bits per heavy atom. The van der Waals surface area contributed by atoms with Crippen LogP contribution in [0.1, 0.15) is 25.7 Å². The largest absolute Gasteiger partial charge is 0.481 e. The van der Waals surface area contributed by atoms with E-state index in [4.69, 9.17) is 9.84 Å². The lowest BCUT2D eigenvalue weighted by Crippen LogP contribution is -2.44. The highest BCUT2D eigenvalue weighted by Gasteiger charge is 2.27. The molecule has 1 saturated heterocycles. The highest BCUT2D eigenvalue weighted by Crippen LogP contribution is 2.15. The van der Waals surface area contributed by atoms with E-state index in [9.17, 15) is 13.2 Å². The minimum Gasteiger partial charge on any atom is -0.481 e. The molecule has 0 aromatic rings. The number of carboxylic acids is 1. The van der Waals surface area contributed by atoms with Gasteiger partial charge in [0.1, 0.15) is 0 Å². The van der Waals surface area contributed by atoms with Crippen LogP contribution in [0.3, 0.4) is 0 Å². The predicted molar refractivity (Wildman–Crippen MR) is 70.0 cm³/mol. The van der Waals surface area contributed by atoms with Gasteiger partial charge in [-0.05, 0) is 19.3 Å². The van der Waals surface area contributed by atoms with Crippen LogP contribution in [0.4, 0.5) is 0 Å². The van der Waals surface area contributed by atoms with Crippen molar-refractivity contribution in [2.75, 3.05) is 33.8 Å². The molecule has 1 aliphatic heterocycles. The number of aliphatic carboxylic acids is 1. The molecule has 1 rings (SSSR count). The van der Waals surface area contributed by atoms with E-state index in [1.807, 2.05) is 0 Å². The van der Waals surface area contributed by atoms with Crippen molar-refractivity contribution in [1.82, 2.24) is 8.61 Å². The molecule has 1 N–H and O–H groups in total. The van der Waals surface area contributed by atoms with Crippen molar-refractivity contribution in [1.29, 1.82) is 0 Å². The first-order valence-electron chi connectivity index (χ1n) is 6.35. The van der Waals surface area contributed by atoms with Gasteiger partial charge >= 0.3 is 5.97 Å². The fraction of sp³-hybridized carbons (Fsp3) is 0.909. The molecule has 0 amide bonds. The van der Waals surface area contributed by atoms with Gasteiger partial charge in [-0.3, -0.25) is 4.79 Å². The van der Waals surface area contributed by atoms with Crippen LogP contribution >= 0.6 is 0 Å². The van der Waals surface area contributed by atoms with Gasteiger partial charge in [0.25, 0.3) is 10.2 Å². The first-order chi connectivity index (χ1) is 8.84. The van der Waals surface area contributed by atoms with Crippen molar-refractivity contribution in [3.63, 3.8) is 0 Å². The predicted octanol–water partition coefficient (Wildman–Crippen LogP) is 0.139. The summed E-state index contributed by atoms with van der Waals surface area (Å²) in [4.78, 5) is 10.5. The lowest BCUT2D eigenvalue weighted by molar-refractivity contribution is -0.137. The Morgan fingerprint density at radius 1 is 1.32 bits per heavy atom. The molecule has 0 saturated carbocycles. The minimum absolute atomic E-state index is 0.0342. The van der Waals surface area contributed by atoms with Crippen molar-refractivity contribution < 1.29 is 23.1 Å². The molecule has 1 aliphatic rings. The van der Waals surface area contributed by atoms with Gasteiger partial charge in [0.15, 0.2) is 0 Å². The van der Waals surface area contributed by atoms with E-state index in [0.29, 0.717) is 13.2 Å². The molecule has 0 spiro atoms. The minimum atomic E-state index is -3.61. The molecule has 0 radical (unpaired) electrons. The average Bonchev–Trinajstić information content (AvgIpc) is 2.36. The van der Waals surface area contributed by atoms with E-state index >= 15 is 0 Å². The lowest BCUT2D eigenvalue weighted by Gasteiger charge is -2.29. The number of hydrogen-bond donors (Lipinski definition) is 1. The normalized spacial score (nSPS) is 20.9. The molecular formula is C11H22N2O5S. The van der Waals surface area contributed by atoms with Gasteiger partial charge in [-0.1, -0.05) is 0 Å². The van der Waals surface area contributed by atoms with E-state index in [1.165, 1.54) is 18.4 Å². The van der Waals surface area contributed by atoms with Gasteiger partial charge < -0.3 is 9.84 Å². The molecule has 1 heterocycles. The van der Waals surface area contributed by atoms with Gasteiger partial charge in [0, 0.05) is 33.8 Å². The number of hydrogen-bond acceptors (Lipinski definition) is 4. The van der Waals surface area contributed by atoms with Crippen LogP contribution in [-0.2, 0) is 19.7 Å². The molecule has 1 atom stereocenters. The first-order valence-corrected chi connectivity index (χ1v) is 7.74. The Morgan fingerprint density at radius 2 is 2.00 bits per heavy atom. The number of carboxylic acid groups (broad SMARTS) is 1. The van der Waals surface area contributed by atoms with Gasteiger partial charge in [0.2, 0.25) is 0 Å². The molecule has 0 aromatic heterocycles. The van der Waals surface area contributed by atoms with E-state index < -0.39 is 16.2 Å². The van der Waals surface area contributed by atoms with Crippen molar-refractivity contribution in [2.45, 2.75) is 31.8 Å². The summed E-state index contributed by atoms with van der Waals surface area (Å²) in [6.45, 7) is 0.945. The monoisotopic (exact) mass is 294 g/mol. The Labute approximate surface area is 114 Å². The van der Waals surface area contributed by atoms with E-state index in [-0.39, 0.29) is 19.1 Å². The zero-order valence-corrected chi connectivity index (χ0v) is 12.2. The van der Waals surface area contributed by atoms with E-state index in [1.54, 1.807) is 0 Å². The molecule has 8 heteroatoms. The quantitative estimate of drug-likeness (QED) is 0.721. The van der Waals surface area contributed by atoms with Crippen LogP contribution in [0.25, 0.3) is 0 Å². The highest BCUT2D eigenvalue weighted by atomic mass is 32.2. The van der Waals surface area contributed by atoms with Crippen LogP contribution in [0.5, 0.6) is 0 Å². The average molecular weight is 294 g/mol. The SMILES string of the molecule is CN(CCC(=O)O)S(=O)(=O)N(C)CC1CCCCO1. The summed E-state index contributed by atoms with van der Waals surface area (Å²) in [7, 11) is -0.735. The maximum Gasteiger partial charge on any atom is 0.304 e.